The number of benzene rings is 2. The van der Waals surface area contributed by atoms with Crippen LogP contribution in [0.1, 0.15) is 68.3 Å². The van der Waals surface area contributed by atoms with Crippen LogP contribution in [0, 0.1) is 5.92 Å². The van der Waals surface area contributed by atoms with Gasteiger partial charge in [0, 0.05) is 6.42 Å². The standard InChI is InChI=1S/C27H33N3O3/c1-17(2)19-9-11-21(12-10-19)24(18(3)4)28-23(31)16-30-25(32)27(29-26(30)33)14-13-20-7-5-6-8-22(20)15-27/h5-12,17-18,24H,13-16H2,1-4H3,(H,28,31)(H,29,33). The zero-order valence-electron chi connectivity index (χ0n) is 19.9. The van der Waals surface area contributed by atoms with E-state index in [4.69, 9.17) is 0 Å². The van der Waals surface area contributed by atoms with Gasteiger partial charge in [-0.25, -0.2) is 4.79 Å². The van der Waals surface area contributed by atoms with Gasteiger partial charge in [0.1, 0.15) is 12.1 Å². The average molecular weight is 448 g/mol. The lowest BCUT2D eigenvalue weighted by atomic mass is 9.78. The molecule has 4 rings (SSSR count). The third kappa shape index (κ3) is 4.52. The Balaban J connectivity index is 1.45. The van der Waals surface area contributed by atoms with Gasteiger partial charge < -0.3 is 10.6 Å². The van der Waals surface area contributed by atoms with Crippen molar-refractivity contribution in [3.63, 3.8) is 0 Å². The summed E-state index contributed by atoms with van der Waals surface area (Å²) in [4.78, 5) is 40.0. The summed E-state index contributed by atoms with van der Waals surface area (Å²) < 4.78 is 0. The van der Waals surface area contributed by atoms with Crippen molar-refractivity contribution in [3.8, 4) is 0 Å². The van der Waals surface area contributed by atoms with Crippen molar-refractivity contribution in [1.82, 2.24) is 15.5 Å². The molecular formula is C27H33N3O3. The van der Waals surface area contributed by atoms with Gasteiger partial charge in [0.05, 0.1) is 6.04 Å². The SMILES string of the molecule is CC(C)c1ccc(C(NC(=O)CN2C(=O)NC3(CCc4ccccc4C3)C2=O)C(C)C)cc1. The predicted octanol–water partition coefficient (Wildman–Crippen LogP) is 4.10. The second kappa shape index (κ2) is 9.00. The van der Waals surface area contributed by atoms with Crippen molar-refractivity contribution in [2.75, 3.05) is 6.54 Å². The Labute approximate surface area is 195 Å². The number of aryl methyl sites for hydroxylation is 1. The van der Waals surface area contributed by atoms with E-state index in [0.29, 0.717) is 18.8 Å². The van der Waals surface area contributed by atoms with E-state index in [2.05, 4.69) is 42.7 Å². The lowest BCUT2D eigenvalue weighted by Gasteiger charge is -2.32. The molecule has 33 heavy (non-hydrogen) atoms. The molecule has 1 fully saturated rings. The molecule has 174 valence electrons. The fraction of sp³-hybridized carbons (Fsp3) is 0.444. The van der Waals surface area contributed by atoms with Gasteiger partial charge in [0.2, 0.25) is 5.91 Å². The molecule has 0 radical (unpaired) electrons. The van der Waals surface area contributed by atoms with E-state index in [1.807, 2.05) is 44.2 Å². The van der Waals surface area contributed by atoms with E-state index in [1.165, 1.54) is 11.1 Å². The summed E-state index contributed by atoms with van der Waals surface area (Å²) in [6.07, 6.45) is 1.73. The molecule has 2 aliphatic rings. The second-order valence-electron chi connectivity index (χ2n) is 9.96. The molecule has 6 nitrogen and oxygen atoms in total. The highest BCUT2D eigenvalue weighted by Gasteiger charge is 2.52. The van der Waals surface area contributed by atoms with E-state index in [9.17, 15) is 14.4 Å². The average Bonchev–Trinajstić information content (AvgIpc) is 3.01. The molecule has 1 aliphatic heterocycles. The summed E-state index contributed by atoms with van der Waals surface area (Å²) >= 11 is 0. The Morgan fingerprint density at radius 2 is 1.64 bits per heavy atom. The number of imide groups is 1. The fourth-order valence-electron chi connectivity index (χ4n) is 4.93. The van der Waals surface area contributed by atoms with Crippen molar-refractivity contribution >= 4 is 17.8 Å². The molecule has 2 N–H and O–H groups in total. The minimum atomic E-state index is -0.949. The molecular weight excluding hydrogens is 414 g/mol. The number of carbonyl (C=O) groups is 3. The van der Waals surface area contributed by atoms with Gasteiger partial charge in [-0.2, -0.15) is 0 Å². The smallest absolute Gasteiger partial charge is 0.325 e. The van der Waals surface area contributed by atoms with E-state index < -0.39 is 11.6 Å². The number of nitrogens with zero attached hydrogens (tertiary/aromatic N) is 1. The molecule has 1 aliphatic carbocycles. The number of carbonyl (C=O) groups excluding carboxylic acids is 3. The molecule has 0 bridgehead atoms. The first-order valence-electron chi connectivity index (χ1n) is 11.8. The first-order chi connectivity index (χ1) is 15.7. The zero-order valence-corrected chi connectivity index (χ0v) is 19.9. The fourth-order valence-corrected chi connectivity index (χ4v) is 4.93. The molecule has 2 aromatic carbocycles. The number of nitrogens with one attached hydrogen (secondary N) is 2. The first-order valence-corrected chi connectivity index (χ1v) is 11.8. The molecule has 4 amide bonds. The summed E-state index contributed by atoms with van der Waals surface area (Å²) in [5, 5.41) is 5.94. The molecule has 0 aromatic heterocycles. The molecule has 2 aromatic rings. The highest BCUT2D eigenvalue weighted by atomic mass is 16.2. The number of fused-ring (bicyclic) bond motifs is 1. The summed E-state index contributed by atoms with van der Waals surface area (Å²) in [5.41, 5.74) is 3.60. The van der Waals surface area contributed by atoms with Gasteiger partial charge in [0.25, 0.3) is 5.91 Å². The van der Waals surface area contributed by atoms with Gasteiger partial charge in [-0.3, -0.25) is 14.5 Å². The number of rotatable bonds is 6. The monoisotopic (exact) mass is 447 g/mol. The van der Waals surface area contributed by atoms with Crippen LogP contribution in [0.25, 0.3) is 0 Å². The topological polar surface area (TPSA) is 78.5 Å². The summed E-state index contributed by atoms with van der Waals surface area (Å²) in [6, 6.07) is 15.6. The molecule has 1 spiro atoms. The van der Waals surface area contributed by atoms with Crippen LogP contribution in [-0.4, -0.2) is 34.8 Å². The van der Waals surface area contributed by atoms with Crippen molar-refractivity contribution in [3.05, 3.63) is 70.8 Å². The van der Waals surface area contributed by atoms with Gasteiger partial charge in [-0.05, 0) is 46.9 Å². The Bertz CT molecular complexity index is 1060. The Morgan fingerprint density at radius 3 is 2.27 bits per heavy atom. The maximum absolute atomic E-state index is 13.3. The predicted molar refractivity (Wildman–Crippen MR) is 128 cm³/mol. The lowest BCUT2D eigenvalue weighted by molar-refractivity contribution is -0.135. The van der Waals surface area contributed by atoms with Crippen LogP contribution in [-0.2, 0) is 22.4 Å². The Morgan fingerprint density at radius 1 is 1.00 bits per heavy atom. The van der Waals surface area contributed by atoms with Crippen molar-refractivity contribution in [1.29, 1.82) is 0 Å². The van der Waals surface area contributed by atoms with E-state index in [0.717, 1.165) is 22.4 Å². The molecule has 0 saturated carbocycles. The maximum atomic E-state index is 13.3. The molecule has 2 atom stereocenters. The number of hydrogen-bond donors (Lipinski definition) is 2. The third-order valence-electron chi connectivity index (χ3n) is 6.92. The Hall–Kier alpha value is -3.15. The third-order valence-corrected chi connectivity index (χ3v) is 6.92. The summed E-state index contributed by atoms with van der Waals surface area (Å²) in [7, 11) is 0. The molecule has 1 heterocycles. The van der Waals surface area contributed by atoms with Crippen molar-refractivity contribution in [2.24, 2.45) is 5.92 Å². The maximum Gasteiger partial charge on any atom is 0.325 e. The van der Waals surface area contributed by atoms with Gasteiger partial charge in [-0.15, -0.1) is 0 Å². The molecule has 2 unspecified atom stereocenters. The van der Waals surface area contributed by atoms with E-state index in [1.54, 1.807) is 0 Å². The number of amides is 4. The van der Waals surface area contributed by atoms with Crippen LogP contribution in [0.15, 0.2) is 48.5 Å². The zero-order chi connectivity index (χ0) is 23.8. The van der Waals surface area contributed by atoms with Crippen LogP contribution in [0.3, 0.4) is 0 Å². The first kappa shape index (κ1) is 23.0. The van der Waals surface area contributed by atoms with Crippen LogP contribution in [0.5, 0.6) is 0 Å². The van der Waals surface area contributed by atoms with Gasteiger partial charge >= 0.3 is 6.03 Å². The summed E-state index contributed by atoms with van der Waals surface area (Å²) in [6.45, 7) is 8.10. The highest BCUT2D eigenvalue weighted by Crippen LogP contribution is 2.33. The Kier molecular flexibility index (Phi) is 6.28. The van der Waals surface area contributed by atoms with Crippen LogP contribution < -0.4 is 10.6 Å². The number of urea groups is 1. The largest absolute Gasteiger partial charge is 0.347 e. The van der Waals surface area contributed by atoms with Crippen LogP contribution in [0.4, 0.5) is 4.79 Å². The number of hydrogen-bond acceptors (Lipinski definition) is 3. The van der Waals surface area contributed by atoms with Crippen LogP contribution >= 0.6 is 0 Å². The van der Waals surface area contributed by atoms with E-state index >= 15 is 0 Å². The summed E-state index contributed by atoms with van der Waals surface area (Å²) in [5.74, 6) is -0.0500. The lowest BCUT2D eigenvalue weighted by Crippen LogP contribution is -2.51. The van der Waals surface area contributed by atoms with Crippen LogP contribution in [0.2, 0.25) is 0 Å². The minimum absolute atomic E-state index is 0.156. The molecule has 1 saturated heterocycles. The second-order valence-corrected chi connectivity index (χ2v) is 9.96. The van der Waals surface area contributed by atoms with E-state index in [-0.39, 0.29) is 30.3 Å². The van der Waals surface area contributed by atoms with Crippen molar-refractivity contribution in [2.45, 2.75) is 64.5 Å². The minimum Gasteiger partial charge on any atom is -0.347 e. The van der Waals surface area contributed by atoms with Gasteiger partial charge in [0.15, 0.2) is 0 Å². The normalized spacial score (nSPS) is 20.8. The van der Waals surface area contributed by atoms with Crippen molar-refractivity contribution < 1.29 is 14.4 Å². The highest BCUT2D eigenvalue weighted by molar-refractivity contribution is 6.09. The molecule has 6 heteroatoms. The van der Waals surface area contributed by atoms with Gasteiger partial charge in [-0.1, -0.05) is 76.2 Å². The quantitative estimate of drug-likeness (QED) is 0.655.